The Balaban J connectivity index is 2.25. The summed E-state index contributed by atoms with van der Waals surface area (Å²) in [5.74, 6) is 0.838. The van der Waals surface area contributed by atoms with E-state index < -0.39 is 0 Å². The Morgan fingerprint density at radius 3 is 2.13 bits per heavy atom. The van der Waals surface area contributed by atoms with Crippen LogP contribution in [0.4, 0.5) is 0 Å². The first kappa shape index (κ1) is 12.3. The van der Waals surface area contributed by atoms with Crippen LogP contribution in [0.3, 0.4) is 0 Å². The number of nitrogens with two attached hydrogens (primary N) is 1. The van der Waals surface area contributed by atoms with Gasteiger partial charge >= 0.3 is 0 Å². The smallest absolute Gasteiger partial charge is 0.0178 e. The zero-order chi connectivity index (χ0) is 11.1. The van der Waals surface area contributed by atoms with Crippen LogP contribution in [-0.2, 0) is 13.0 Å². The van der Waals surface area contributed by atoms with Gasteiger partial charge in [-0.25, -0.2) is 0 Å². The van der Waals surface area contributed by atoms with E-state index in [9.17, 15) is 0 Å². The Morgan fingerprint density at radius 1 is 1.00 bits per heavy atom. The van der Waals surface area contributed by atoms with Crippen molar-refractivity contribution in [2.24, 2.45) is 11.7 Å². The second kappa shape index (κ2) is 6.62. The number of aryl methyl sites for hydroxylation is 1. The number of unbranched alkanes of at least 4 members (excludes halogenated alkanes) is 1. The highest BCUT2D eigenvalue weighted by atomic mass is 14.5. The first-order valence-corrected chi connectivity index (χ1v) is 6.00. The van der Waals surface area contributed by atoms with Crippen LogP contribution in [0.25, 0.3) is 0 Å². The van der Waals surface area contributed by atoms with Gasteiger partial charge in [0.05, 0.1) is 0 Å². The summed E-state index contributed by atoms with van der Waals surface area (Å²) in [7, 11) is 0. The van der Waals surface area contributed by atoms with E-state index in [-0.39, 0.29) is 0 Å². The van der Waals surface area contributed by atoms with Gasteiger partial charge in [0.2, 0.25) is 0 Å². The highest BCUT2D eigenvalue weighted by molar-refractivity contribution is 5.22. The lowest BCUT2D eigenvalue weighted by Gasteiger charge is -2.05. The summed E-state index contributed by atoms with van der Waals surface area (Å²) in [6.45, 7) is 5.22. The van der Waals surface area contributed by atoms with Gasteiger partial charge in [-0.2, -0.15) is 0 Å². The minimum atomic E-state index is 0.646. The molecule has 0 aliphatic carbocycles. The number of benzene rings is 1. The molecule has 0 heterocycles. The molecule has 0 unspecified atom stereocenters. The van der Waals surface area contributed by atoms with Crippen LogP contribution in [0.2, 0.25) is 0 Å². The zero-order valence-corrected chi connectivity index (χ0v) is 10.00. The molecule has 0 aliphatic heterocycles. The predicted molar refractivity (Wildman–Crippen MR) is 66.7 cm³/mol. The molecular weight excluding hydrogens is 182 g/mol. The maximum Gasteiger partial charge on any atom is 0.0178 e. The van der Waals surface area contributed by atoms with Crippen molar-refractivity contribution >= 4 is 0 Å². The third-order valence-corrected chi connectivity index (χ3v) is 2.76. The topological polar surface area (TPSA) is 26.0 Å². The first-order valence-electron chi connectivity index (χ1n) is 6.00. The molecule has 0 amide bonds. The van der Waals surface area contributed by atoms with Crippen LogP contribution < -0.4 is 5.73 Å². The van der Waals surface area contributed by atoms with Gasteiger partial charge in [-0.1, -0.05) is 51.0 Å². The van der Waals surface area contributed by atoms with Crippen molar-refractivity contribution in [2.45, 2.75) is 46.1 Å². The lowest BCUT2D eigenvalue weighted by atomic mass is 10.0. The molecular formula is C14H23N. The maximum atomic E-state index is 5.55. The van der Waals surface area contributed by atoms with Gasteiger partial charge < -0.3 is 5.73 Å². The minimum Gasteiger partial charge on any atom is -0.326 e. The van der Waals surface area contributed by atoms with Crippen LogP contribution >= 0.6 is 0 Å². The molecule has 0 fully saturated rings. The van der Waals surface area contributed by atoms with Crippen LogP contribution in [0, 0.1) is 5.92 Å². The quantitative estimate of drug-likeness (QED) is 0.707. The van der Waals surface area contributed by atoms with Gasteiger partial charge in [0, 0.05) is 6.54 Å². The van der Waals surface area contributed by atoms with Crippen LogP contribution in [0.15, 0.2) is 24.3 Å². The standard InChI is InChI=1S/C14H23N/c1-12(2)5-3-4-6-13-7-9-14(11-15)10-8-13/h7-10,12H,3-6,11,15H2,1-2H3. The van der Waals surface area contributed by atoms with Gasteiger partial charge in [0.15, 0.2) is 0 Å². The molecule has 1 aromatic carbocycles. The molecule has 0 saturated carbocycles. The Labute approximate surface area is 93.7 Å². The highest BCUT2D eigenvalue weighted by Gasteiger charge is 1.96. The lowest BCUT2D eigenvalue weighted by Crippen LogP contribution is -1.96. The normalized spacial score (nSPS) is 10.9. The van der Waals surface area contributed by atoms with E-state index in [4.69, 9.17) is 5.73 Å². The maximum absolute atomic E-state index is 5.55. The lowest BCUT2D eigenvalue weighted by molar-refractivity contribution is 0.538. The average molecular weight is 205 g/mol. The fraction of sp³-hybridized carbons (Fsp3) is 0.571. The second-order valence-electron chi connectivity index (χ2n) is 4.66. The molecule has 1 aromatic rings. The minimum absolute atomic E-state index is 0.646. The molecule has 0 aromatic heterocycles. The molecule has 1 heteroatoms. The van der Waals surface area contributed by atoms with Gasteiger partial charge in [-0.3, -0.25) is 0 Å². The molecule has 0 radical (unpaired) electrons. The molecule has 84 valence electrons. The molecule has 1 nitrogen and oxygen atoms in total. The molecule has 2 N–H and O–H groups in total. The van der Waals surface area contributed by atoms with E-state index >= 15 is 0 Å². The highest BCUT2D eigenvalue weighted by Crippen LogP contribution is 2.11. The summed E-state index contributed by atoms with van der Waals surface area (Å²) in [5, 5.41) is 0. The Morgan fingerprint density at radius 2 is 1.60 bits per heavy atom. The second-order valence-corrected chi connectivity index (χ2v) is 4.66. The third kappa shape index (κ3) is 4.98. The van der Waals surface area contributed by atoms with Crippen LogP contribution in [0.1, 0.15) is 44.2 Å². The van der Waals surface area contributed by atoms with Crippen molar-refractivity contribution in [2.75, 3.05) is 0 Å². The van der Waals surface area contributed by atoms with Crippen molar-refractivity contribution < 1.29 is 0 Å². The van der Waals surface area contributed by atoms with Crippen molar-refractivity contribution in [3.05, 3.63) is 35.4 Å². The molecule has 0 bridgehead atoms. The van der Waals surface area contributed by atoms with E-state index in [0.29, 0.717) is 6.54 Å². The summed E-state index contributed by atoms with van der Waals surface area (Å²) in [5.41, 5.74) is 8.22. The summed E-state index contributed by atoms with van der Waals surface area (Å²) in [6, 6.07) is 8.69. The molecule has 0 atom stereocenters. The van der Waals surface area contributed by atoms with Crippen molar-refractivity contribution in [3.63, 3.8) is 0 Å². The van der Waals surface area contributed by atoms with Gasteiger partial charge in [-0.15, -0.1) is 0 Å². The number of hydrogen-bond acceptors (Lipinski definition) is 1. The van der Waals surface area contributed by atoms with Crippen LogP contribution in [-0.4, -0.2) is 0 Å². The van der Waals surface area contributed by atoms with E-state index in [0.717, 1.165) is 5.92 Å². The Hall–Kier alpha value is -0.820. The summed E-state index contributed by atoms with van der Waals surface area (Å²) < 4.78 is 0. The van der Waals surface area contributed by atoms with Gasteiger partial charge in [0.1, 0.15) is 0 Å². The number of hydrogen-bond donors (Lipinski definition) is 1. The zero-order valence-electron chi connectivity index (χ0n) is 10.00. The summed E-state index contributed by atoms with van der Waals surface area (Å²) in [6.07, 6.45) is 5.20. The molecule has 0 spiro atoms. The summed E-state index contributed by atoms with van der Waals surface area (Å²) >= 11 is 0. The fourth-order valence-electron chi connectivity index (χ4n) is 1.72. The van der Waals surface area contributed by atoms with Crippen LogP contribution in [0.5, 0.6) is 0 Å². The molecule has 0 aliphatic rings. The van der Waals surface area contributed by atoms with E-state index in [1.54, 1.807) is 0 Å². The van der Waals surface area contributed by atoms with Gasteiger partial charge in [-0.05, 0) is 29.9 Å². The predicted octanol–water partition coefficient (Wildman–Crippen LogP) is 3.51. The van der Waals surface area contributed by atoms with E-state index in [1.807, 2.05) is 0 Å². The van der Waals surface area contributed by atoms with E-state index in [2.05, 4.69) is 38.1 Å². The van der Waals surface area contributed by atoms with Crippen molar-refractivity contribution in [3.8, 4) is 0 Å². The average Bonchev–Trinajstić information content (AvgIpc) is 2.25. The first-order chi connectivity index (χ1) is 7.22. The number of rotatable bonds is 6. The van der Waals surface area contributed by atoms with Crippen molar-refractivity contribution in [1.29, 1.82) is 0 Å². The van der Waals surface area contributed by atoms with Crippen molar-refractivity contribution in [1.82, 2.24) is 0 Å². The largest absolute Gasteiger partial charge is 0.326 e. The molecule has 0 saturated heterocycles. The monoisotopic (exact) mass is 205 g/mol. The Kier molecular flexibility index (Phi) is 5.41. The van der Waals surface area contributed by atoms with Gasteiger partial charge in [0.25, 0.3) is 0 Å². The molecule has 1 rings (SSSR count). The molecule has 15 heavy (non-hydrogen) atoms. The Bertz CT molecular complexity index is 261. The summed E-state index contributed by atoms with van der Waals surface area (Å²) in [4.78, 5) is 0. The SMILES string of the molecule is CC(C)CCCCc1ccc(CN)cc1. The van der Waals surface area contributed by atoms with E-state index in [1.165, 1.54) is 36.8 Å². The third-order valence-electron chi connectivity index (χ3n) is 2.76. The fourth-order valence-corrected chi connectivity index (χ4v) is 1.72.